The van der Waals surface area contributed by atoms with E-state index < -0.39 is 22.7 Å². The number of dihydropyridines is 2. The molecule has 8 rings (SSSR count). The van der Waals surface area contributed by atoms with Gasteiger partial charge < -0.3 is 10.6 Å². The van der Waals surface area contributed by atoms with Crippen LogP contribution in [-0.2, 0) is 4.79 Å². The summed E-state index contributed by atoms with van der Waals surface area (Å²) in [5, 5.41) is 6.72. The van der Waals surface area contributed by atoms with Gasteiger partial charge in [-0.05, 0) is 96.5 Å². The Morgan fingerprint density at radius 1 is 0.548 bits per heavy atom. The highest BCUT2D eigenvalue weighted by atomic mass is 16.1. The molecule has 2 aliphatic heterocycles. The molecule has 5 heteroatoms. The van der Waals surface area contributed by atoms with Crippen LogP contribution >= 0.6 is 0 Å². The van der Waals surface area contributed by atoms with E-state index in [9.17, 15) is 0 Å². The van der Waals surface area contributed by atoms with Crippen molar-refractivity contribution in [3.8, 4) is 0 Å². The van der Waals surface area contributed by atoms with Crippen molar-refractivity contribution in [2.75, 3.05) is 0 Å². The van der Waals surface area contributed by atoms with Gasteiger partial charge in [0.2, 0.25) is 0 Å². The summed E-state index contributed by atoms with van der Waals surface area (Å²) < 4.78 is 0. The molecule has 4 atom stereocenters. The Balaban J connectivity index is 1.45. The summed E-state index contributed by atoms with van der Waals surface area (Å²) in [5.74, 6) is -0.995. The molecule has 2 heterocycles. The van der Waals surface area contributed by atoms with Crippen molar-refractivity contribution in [2.24, 2.45) is 22.7 Å². The number of allylic oxidation sites excluding steroid dienone is 12. The van der Waals surface area contributed by atoms with Crippen molar-refractivity contribution in [3.05, 3.63) is 226 Å². The molecule has 5 nitrogen and oxygen atoms in total. The third-order valence-electron chi connectivity index (χ3n) is 13.2. The lowest BCUT2D eigenvalue weighted by Gasteiger charge is -2.50. The van der Waals surface area contributed by atoms with Gasteiger partial charge in [0.25, 0.3) is 0 Å². The van der Waals surface area contributed by atoms with E-state index in [-0.39, 0.29) is 17.3 Å². The molecule has 0 amide bonds. The largest absolute Gasteiger partial charge is 0.368 e. The second kappa shape index (κ2) is 18.2. The van der Waals surface area contributed by atoms with Crippen molar-refractivity contribution in [1.29, 1.82) is 0 Å². The highest BCUT2D eigenvalue weighted by Crippen LogP contribution is 2.58. The summed E-state index contributed by atoms with van der Waals surface area (Å²) in [7, 11) is 0. The second-order valence-corrected chi connectivity index (χ2v) is 17.1. The van der Waals surface area contributed by atoms with Crippen LogP contribution in [0.5, 0.6) is 0 Å². The molecule has 2 aliphatic carbocycles. The quantitative estimate of drug-likeness (QED) is 0.124. The summed E-state index contributed by atoms with van der Waals surface area (Å²) >= 11 is 0. The zero-order valence-corrected chi connectivity index (χ0v) is 36.3. The van der Waals surface area contributed by atoms with Gasteiger partial charge in [-0.3, -0.25) is 14.4 Å². The van der Waals surface area contributed by atoms with Crippen LogP contribution in [0.15, 0.2) is 193 Å². The van der Waals surface area contributed by atoms with Crippen molar-refractivity contribution in [1.82, 2.24) is 10.6 Å². The minimum atomic E-state index is -1.17. The molecule has 0 saturated carbocycles. The van der Waals surface area contributed by atoms with E-state index in [0.717, 1.165) is 44.5 Å². The van der Waals surface area contributed by atoms with Gasteiger partial charge in [0, 0.05) is 46.5 Å². The van der Waals surface area contributed by atoms with Gasteiger partial charge in [-0.25, -0.2) is 0 Å². The number of hydrogen-bond acceptors (Lipinski definition) is 5. The fourth-order valence-electron chi connectivity index (χ4n) is 10.4. The number of nitrogens with one attached hydrogen (secondary N) is 2. The van der Waals surface area contributed by atoms with Crippen molar-refractivity contribution >= 4 is 28.5 Å². The van der Waals surface area contributed by atoms with E-state index in [0.29, 0.717) is 60.8 Å². The molecule has 0 bridgehead atoms. The number of rotatable bonds is 14. The molecule has 4 aromatic carbocycles. The highest BCUT2D eigenvalue weighted by molar-refractivity contribution is 6.22. The van der Waals surface area contributed by atoms with Gasteiger partial charge in [-0.15, -0.1) is 0 Å². The Morgan fingerprint density at radius 3 is 1.29 bits per heavy atom. The minimum absolute atomic E-state index is 0.0338. The van der Waals surface area contributed by atoms with E-state index in [1.165, 1.54) is 0 Å². The summed E-state index contributed by atoms with van der Waals surface area (Å²) in [4.78, 5) is 47.5. The maximum Gasteiger partial charge on any atom is 0.193 e. The predicted octanol–water partition coefficient (Wildman–Crippen LogP) is 12.6. The fourth-order valence-corrected chi connectivity index (χ4v) is 10.4. The van der Waals surface area contributed by atoms with Gasteiger partial charge >= 0.3 is 0 Å². The molecule has 312 valence electrons. The second-order valence-electron chi connectivity index (χ2n) is 17.1. The van der Waals surface area contributed by atoms with Crippen LogP contribution in [0.2, 0.25) is 0 Å². The molecule has 2 N–H and O–H groups in total. The van der Waals surface area contributed by atoms with Crippen LogP contribution in [-0.4, -0.2) is 17.3 Å². The van der Waals surface area contributed by atoms with Gasteiger partial charge in [0.15, 0.2) is 17.3 Å². The van der Waals surface area contributed by atoms with E-state index in [2.05, 4.69) is 99.1 Å². The number of carbonyl (C=O) groups excluding carboxylic acids is 3. The first kappa shape index (κ1) is 42.1. The topological polar surface area (TPSA) is 75.3 Å². The Labute approximate surface area is 367 Å². The molecular weight excluding hydrogens is 761 g/mol. The molecule has 0 radical (unpaired) electrons. The first-order valence-corrected chi connectivity index (χ1v) is 22.2. The van der Waals surface area contributed by atoms with Crippen molar-refractivity contribution in [2.45, 2.75) is 66.2 Å². The average molecular weight is 817 g/mol. The normalized spacial score (nSPS) is 23.0. The molecule has 4 aromatic rings. The molecule has 0 saturated heterocycles. The average Bonchev–Trinajstić information content (AvgIpc) is 3.32. The SMILES string of the molecule is CCCC1(C(=O)C2(CCC)C=C(C(=O)c3ccccc3)C(c3ccccc3C)=CC2C2=CNC=CC2)C=C(C(=O)c2ccccc2)C(c2ccccc2C)=CC1C1=CNC=CC1. The lowest BCUT2D eigenvalue weighted by molar-refractivity contribution is -0.138. The first-order chi connectivity index (χ1) is 30.2. The summed E-state index contributed by atoms with van der Waals surface area (Å²) in [6, 6.07) is 35.3. The van der Waals surface area contributed by atoms with Crippen LogP contribution < -0.4 is 10.6 Å². The fraction of sp³-hybridized carbons (Fsp3) is 0.246. The van der Waals surface area contributed by atoms with Crippen LogP contribution in [0.1, 0.15) is 95.3 Å². The molecule has 0 fully saturated rings. The Morgan fingerprint density at radius 2 is 0.935 bits per heavy atom. The summed E-state index contributed by atoms with van der Waals surface area (Å²) in [6.45, 7) is 8.42. The van der Waals surface area contributed by atoms with Crippen LogP contribution in [0.3, 0.4) is 0 Å². The van der Waals surface area contributed by atoms with E-state index >= 15 is 14.4 Å². The van der Waals surface area contributed by atoms with Gasteiger partial charge in [-0.1, -0.05) is 172 Å². The third-order valence-corrected chi connectivity index (χ3v) is 13.2. The lowest BCUT2D eigenvalue weighted by atomic mass is 9.51. The molecule has 0 spiro atoms. The van der Waals surface area contributed by atoms with Crippen LogP contribution in [0, 0.1) is 36.5 Å². The van der Waals surface area contributed by atoms with Crippen molar-refractivity contribution < 1.29 is 14.4 Å². The molecule has 0 aromatic heterocycles. The van der Waals surface area contributed by atoms with Gasteiger partial charge in [-0.2, -0.15) is 0 Å². The number of ketones is 3. The van der Waals surface area contributed by atoms with Crippen molar-refractivity contribution in [3.63, 3.8) is 0 Å². The molecular formula is C57H56N2O3. The van der Waals surface area contributed by atoms with E-state index in [1.54, 1.807) is 0 Å². The Kier molecular flexibility index (Phi) is 12.3. The van der Waals surface area contributed by atoms with Crippen LogP contribution in [0.25, 0.3) is 11.1 Å². The summed E-state index contributed by atoms with van der Waals surface area (Å²) in [6.07, 6.45) is 24.5. The van der Waals surface area contributed by atoms with E-state index in [4.69, 9.17) is 0 Å². The smallest absolute Gasteiger partial charge is 0.193 e. The summed E-state index contributed by atoms with van der Waals surface area (Å²) in [5.41, 5.74) is 7.72. The number of carbonyl (C=O) groups is 3. The van der Waals surface area contributed by atoms with Gasteiger partial charge in [0.05, 0.1) is 10.8 Å². The maximum absolute atomic E-state index is 17.2. The van der Waals surface area contributed by atoms with Gasteiger partial charge in [0.1, 0.15) is 0 Å². The Bertz CT molecular complexity index is 2450. The Hall–Kier alpha value is -6.59. The predicted molar refractivity (Wildman–Crippen MR) is 253 cm³/mol. The first-order valence-electron chi connectivity index (χ1n) is 22.2. The lowest BCUT2D eigenvalue weighted by Crippen LogP contribution is -2.52. The van der Waals surface area contributed by atoms with Crippen LogP contribution in [0.4, 0.5) is 0 Å². The minimum Gasteiger partial charge on any atom is -0.368 e. The highest BCUT2D eigenvalue weighted by Gasteiger charge is 2.57. The molecule has 62 heavy (non-hydrogen) atoms. The van der Waals surface area contributed by atoms with E-state index in [1.807, 2.05) is 110 Å². The number of hydrogen-bond donors (Lipinski definition) is 2. The molecule has 4 aliphatic rings. The number of aryl methyl sites for hydroxylation is 2. The number of Topliss-reactive ketones (excluding diaryl/α,β-unsaturated/α-hetero) is 3. The zero-order chi connectivity index (χ0) is 43.3. The third kappa shape index (κ3) is 7.77. The zero-order valence-electron chi connectivity index (χ0n) is 36.3. The number of benzene rings is 4. The standard InChI is InChI=1S/C57H56N2O3/c1-5-29-56(35-49(53(60)41-21-9-7-10-22-41)47(45-27-15-13-19-39(45)3)33-51(56)43-25-17-31-58-37-43)55(62)57(30-6-2)36-50(54(61)42-23-11-8-12-24-42)48(46-28-16-14-20-40(46)4)34-52(57)44-26-18-32-59-38-44/h7-24,27-28,31-38,51-52,58-59H,5-6,25-26,29-30H2,1-4H3. The maximum atomic E-state index is 17.2. The monoisotopic (exact) mass is 816 g/mol. The molecule has 4 unspecified atom stereocenters.